The van der Waals surface area contributed by atoms with Gasteiger partial charge < -0.3 is 8.98 Å². The minimum atomic E-state index is 0.623. The third kappa shape index (κ3) is 5.04. The van der Waals surface area contributed by atoms with Crippen LogP contribution in [0.1, 0.15) is 0 Å². The lowest BCUT2D eigenvalue weighted by atomic mass is 10.0. The van der Waals surface area contributed by atoms with E-state index in [4.69, 9.17) is 19.4 Å². The topological polar surface area (TPSA) is 56.7 Å². The fraction of sp³-hybridized carbons (Fsp3) is 0. The van der Waals surface area contributed by atoms with Gasteiger partial charge in [0.15, 0.2) is 17.5 Å². The highest BCUT2D eigenvalue weighted by atomic mass is 32.1. The van der Waals surface area contributed by atoms with Gasteiger partial charge in [0.1, 0.15) is 11.2 Å². The van der Waals surface area contributed by atoms with Crippen molar-refractivity contribution in [1.29, 1.82) is 0 Å². The maximum absolute atomic E-state index is 6.44. The number of para-hydroxylation sites is 3. The summed E-state index contributed by atoms with van der Waals surface area (Å²) in [5.74, 6) is 1.87. The molecule has 5 nitrogen and oxygen atoms in total. The molecule has 0 fully saturated rings. The molecular weight excluding hydrogens is 717 g/mol. The van der Waals surface area contributed by atoms with Crippen molar-refractivity contribution in [2.75, 3.05) is 0 Å². The number of furan rings is 1. The van der Waals surface area contributed by atoms with E-state index >= 15 is 0 Å². The molecule has 8 aromatic carbocycles. The minimum absolute atomic E-state index is 0.623. The number of hydrogen-bond acceptors (Lipinski definition) is 5. The summed E-state index contributed by atoms with van der Waals surface area (Å²) in [6, 6.07) is 63.7. The van der Waals surface area contributed by atoms with Crippen LogP contribution in [0.4, 0.5) is 0 Å². The molecule has 0 aliphatic rings. The maximum Gasteiger partial charge on any atom is 0.165 e. The smallest absolute Gasteiger partial charge is 0.165 e. The van der Waals surface area contributed by atoms with Crippen LogP contribution in [0.25, 0.3) is 115 Å². The third-order valence-corrected chi connectivity index (χ3v) is 12.3. The van der Waals surface area contributed by atoms with Gasteiger partial charge in [0.25, 0.3) is 0 Å². The predicted octanol–water partition coefficient (Wildman–Crippen LogP) is 13.9. The van der Waals surface area contributed by atoms with E-state index in [1.165, 1.54) is 26.4 Å². The van der Waals surface area contributed by atoms with E-state index in [2.05, 4.69) is 156 Å². The molecule has 0 amide bonds. The van der Waals surface area contributed by atoms with Crippen molar-refractivity contribution in [1.82, 2.24) is 19.5 Å². The van der Waals surface area contributed by atoms with Gasteiger partial charge in [-0.3, -0.25) is 0 Å². The molecule has 0 bridgehead atoms. The summed E-state index contributed by atoms with van der Waals surface area (Å²) in [5, 5.41) is 6.96. The van der Waals surface area contributed by atoms with Crippen molar-refractivity contribution in [3.63, 3.8) is 0 Å². The Kier molecular flexibility index (Phi) is 7.03. The van der Waals surface area contributed by atoms with Crippen molar-refractivity contribution >= 4 is 75.3 Å². The van der Waals surface area contributed by atoms with Gasteiger partial charge in [0, 0.05) is 64.1 Å². The van der Waals surface area contributed by atoms with E-state index in [0.29, 0.717) is 17.5 Å². The molecule has 4 heterocycles. The zero-order chi connectivity index (χ0) is 37.5. The van der Waals surface area contributed by atoms with Crippen molar-refractivity contribution in [3.05, 3.63) is 182 Å². The molecule has 0 saturated heterocycles. The summed E-state index contributed by atoms with van der Waals surface area (Å²) >= 11 is 1.77. The number of benzene rings is 8. The Morgan fingerprint density at radius 1 is 0.404 bits per heavy atom. The minimum Gasteiger partial charge on any atom is -0.456 e. The molecule has 0 aliphatic heterocycles. The van der Waals surface area contributed by atoms with E-state index in [0.717, 1.165) is 71.0 Å². The molecule has 0 saturated carbocycles. The van der Waals surface area contributed by atoms with Crippen LogP contribution in [0, 0.1) is 0 Å². The van der Waals surface area contributed by atoms with Gasteiger partial charge in [-0.25, -0.2) is 15.0 Å². The summed E-state index contributed by atoms with van der Waals surface area (Å²) in [6.07, 6.45) is 0. The number of nitrogens with zero attached hydrogens (tertiary/aromatic N) is 4. The van der Waals surface area contributed by atoms with E-state index in [-0.39, 0.29) is 0 Å². The quantitative estimate of drug-likeness (QED) is 0.176. The Morgan fingerprint density at radius 2 is 0.947 bits per heavy atom. The fourth-order valence-electron chi connectivity index (χ4n) is 8.45. The molecule has 0 unspecified atom stereocenters. The molecule has 57 heavy (non-hydrogen) atoms. The van der Waals surface area contributed by atoms with E-state index in [1.807, 2.05) is 30.3 Å². The fourth-order valence-corrected chi connectivity index (χ4v) is 9.65. The van der Waals surface area contributed by atoms with Crippen LogP contribution >= 0.6 is 11.3 Å². The highest BCUT2D eigenvalue weighted by molar-refractivity contribution is 7.26. The number of hydrogen-bond donors (Lipinski definition) is 0. The van der Waals surface area contributed by atoms with Crippen LogP contribution in [0.2, 0.25) is 0 Å². The van der Waals surface area contributed by atoms with Crippen LogP contribution in [0.5, 0.6) is 0 Å². The predicted molar refractivity (Wildman–Crippen MR) is 236 cm³/mol. The van der Waals surface area contributed by atoms with Gasteiger partial charge in [0.05, 0.1) is 11.0 Å². The van der Waals surface area contributed by atoms with Crippen LogP contribution in [-0.4, -0.2) is 19.5 Å². The van der Waals surface area contributed by atoms with Gasteiger partial charge in [-0.2, -0.15) is 0 Å². The standard InChI is InChI=1S/C51H30N4OS/c1-3-13-31(14-4-1)32-23-25-34(26-24-32)50-52-49(33-15-5-2-6-16-33)53-51(54-50)40-30-35(55-41-20-10-7-17-36(41)37-18-8-11-21-42(37)55)29-39-47-45(57-48(39)40)28-27-44-46(47)38-19-9-12-22-43(38)56-44/h1-30H. The third-order valence-electron chi connectivity index (χ3n) is 11.1. The molecule has 0 N–H and O–H groups in total. The van der Waals surface area contributed by atoms with Gasteiger partial charge in [-0.15, -0.1) is 11.3 Å². The lowest BCUT2D eigenvalue weighted by Crippen LogP contribution is -2.01. The van der Waals surface area contributed by atoms with Crippen molar-refractivity contribution < 1.29 is 4.42 Å². The first-order valence-electron chi connectivity index (χ1n) is 19.0. The molecular formula is C51H30N4OS. The first-order chi connectivity index (χ1) is 28.2. The van der Waals surface area contributed by atoms with Crippen LogP contribution in [0.3, 0.4) is 0 Å². The summed E-state index contributed by atoms with van der Waals surface area (Å²) in [7, 11) is 0. The number of aromatic nitrogens is 4. The van der Waals surface area contributed by atoms with E-state index < -0.39 is 0 Å². The largest absolute Gasteiger partial charge is 0.456 e. The Hall–Kier alpha value is -7.41. The summed E-state index contributed by atoms with van der Waals surface area (Å²) in [4.78, 5) is 15.7. The first-order valence-corrected chi connectivity index (χ1v) is 19.8. The molecule has 0 atom stereocenters. The number of fused-ring (bicyclic) bond motifs is 10. The zero-order valence-electron chi connectivity index (χ0n) is 30.4. The second kappa shape index (κ2) is 12.6. The van der Waals surface area contributed by atoms with Gasteiger partial charge in [-0.1, -0.05) is 140 Å². The highest BCUT2D eigenvalue weighted by Gasteiger charge is 2.23. The van der Waals surface area contributed by atoms with Gasteiger partial charge >= 0.3 is 0 Å². The molecule has 266 valence electrons. The van der Waals surface area contributed by atoms with E-state index in [9.17, 15) is 0 Å². The first kappa shape index (κ1) is 31.9. The molecule has 4 aromatic heterocycles. The summed E-state index contributed by atoms with van der Waals surface area (Å²) in [6.45, 7) is 0. The number of thiophene rings is 1. The van der Waals surface area contributed by atoms with Crippen LogP contribution in [0.15, 0.2) is 186 Å². The lowest BCUT2D eigenvalue weighted by molar-refractivity contribution is 0.669. The van der Waals surface area contributed by atoms with Crippen molar-refractivity contribution in [2.45, 2.75) is 0 Å². The van der Waals surface area contributed by atoms with Crippen molar-refractivity contribution in [3.8, 4) is 51.0 Å². The molecule has 12 aromatic rings. The average Bonchev–Trinajstić information content (AvgIpc) is 3.96. The Bertz CT molecular complexity index is 3460. The second-order valence-corrected chi connectivity index (χ2v) is 15.4. The molecule has 0 spiro atoms. The number of rotatable bonds is 5. The molecule has 0 aliphatic carbocycles. The Morgan fingerprint density at radius 3 is 1.65 bits per heavy atom. The average molecular weight is 747 g/mol. The van der Waals surface area contributed by atoms with E-state index in [1.54, 1.807) is 11.3 Å². The second-order valence-electron chi connectivity index (χ2n) is 14.4. The van der Waals surface area contributed by atoms with Crippen LogP contribution in [-0.2, 0) is 0 Å². The normalized spacial score (nSPS) is 11.9. The molecule has 0 radical (unpaired) electrons. The van der Waals surface area contributed by atoms with Crippen LogP contribution < -0.4 is 0 Å². The Balaban J connectivity index is 1.18. The molecule has 12 rings (SSSR count). The Labute approximate surface area is 330 Å². The highest BCUT2D eigenvalue weighted by Crippen LogP contribution is 2.47. The zero-order valence-corrected chi connectivity index (χ0v) is 31.2. The summed E-state index contributed by atoms with van der Waals surface area (Å²) < 4.78 is 11.1. The maximum atomic E-state index is 6.44. The monoisotopic (exact) mass is 746 g/mol. The van der Waals surface area contributed by atoms with Gasteiger partial charge in [-0.05, 0) is 53.6 Å². The SMILES string of the molecule is c1ccc(-c2ccc(-c3nc(-c4ccccc4)nc(-c4cc(-n5c6ccccc6c6ccccc65)cc5c4sc4ccc6oc7ccccc7c6c45)n3)cc2)cc1. The van der Waals surface area contributed by atoms with Gasteiger partial charge in [0.2, 0.25) is 0 Å². The summed E-state index contributed by atoms with van der Waals surface area (Å²) in [5.41, 5.74) is 10.2. The molecule has 6 heteroatoms. The van der Waals surface area contributed by atoms with Crippen molar-refractivity contribution in [2.24, 2.45) is 0 Å². The lowest BCUT2D eigenvalue weighted by Gasteiger charge is -2.13.